The van der Waals surface area contributed by atoms with E-state index in [1.54, 1.807) is 13.8 Å². The molecule has 146 valence electrons. The van der Waals surface area contributed by atoms with Gasteiger partial charge in [-0.15, -0.1) is 0 Å². The third-order valence-electron chi connectivity index (χ3n) is 4.74. The molecule has 0 aromatic heterocycles. The molecule has 2 aromatic carbocycles. The monoisotopic (exact) mass is 371 g/mol. The zero-order chi connectivity index (χ0) is 19.7. The van der Waals surface area contributed by atoms with Crippen molar-refractivity contribution < 1.29 is 19.4 Å². The highest BCUT2D eigenvalue weighted by Crippen LogP contribution is 2.22. The predicted octanol–water partition coefficient (Wildman–Crippen LogP) is 4.05. The first-order valence-corrected chi connectivity index (χ1v) is 9.28. The Morgan fingerprint density at radius 3 is 2.07 bits per heavy atom. The van der Waals surface area contributed by atoms with E-state index in [4.69, 9.17) is 9.47 Å². The maximum absolute atomic E-state index is 12.1. The molecule has 0 heterocycles. The van der Waals surface area contributed by atoms with Gasteiger partial charge in [-0.2, -0.15) is 0 Å². The SMILES string of the molecule is CC[C@@H](OCc1ccccc1)[C@@](C)(O)[C@@H](C)NC(=O)OCc1ccccc1. The van der Waals surface area contributed by atoms with Gasteiger partial charge in [-0.1, -0.05) is 67.6 Å². The summed E-state index contributed by atoms with van der Waals surface area (Å²) in [7, 11) is 0. The number of aliphatic hydroxyl groups is 1. The van der Waals surface area contributed by atoms with Crippen molar-refractivity contribution in [2.75, 3.05) is 0 Å². The predicted molar refractivity (Wildman–Crippen MR) is 105 cm³/mol. The van der Waals surface area contributed by atoms with Crippen LogP contribution in [0.25, 0.3) is 0 Å². The minimum atomic E-state index is -1.24. The lowest BCUT2D eigenvalue weighted by molar-refractivity contribution is -0.120. The number of amides is 1. The van der Waals surface area contributed by atoms with Crippen LogP contribution in [0.2, 0.25) is 0 Å². The molecule has 0 spiro atoms. The molecular weight excluding hydrogens is 342 g/mol. The molecule has 0 radical (unpaired) electrons. The van der Waals surface area contributed by atoms with Gasteiger partial charge >= 0.3 is 6.09 Å². The van der Waals surface area contributed by atoms with Crippen LogP contribution in [0.5, 0.6) is 0 Å². The number of hydrogen-bond acceptors (Lipinski definition) is 4. The van der Waals surface area contributed by atoms with Gasteiger partial charge in [-0.3, -0.25) is 0 Å². The first-order valence-electron chi connectivity index (χ1n) is 9.28. The van der Waals surface area contributed by atoms with E-state index < -0.39 is 23.8 Å². The van der Waals surface area contributed by atoms with Crippen molar-refractivity contribution in [3.63, 3.8) is 0 Å². The lowest BCUT2D eigenvalue weighted by Gasteiger charge is -2.37. The molecule has 0 aliphatic heterocycles. The number of rotatable bonds is 9. The van der Waals surface area contributed by atoms with Gasteiger partial charge in [-0.05, 0) is 31.4 Å². The van der Waals surface area contributed by atoms with Crippen LogP contribution >= 0.6 is 0 Å². The molecule has 2 rings (SSSR count). The largest absolute Gasteiger partial charge is 0.445 e. The lowest BCUT2D eigenvalue weighted by Crippen LogP contribution is -2.56. The molecule has 0 fully saturated rings. The van der Waals surface area contributed by atoms with Gasteiger partial charge in [0.05, 0.1) is 18.8 Å². The highest BCUT2D eigenvalue weighted by molar-refractivity contribution is 5.67. The van der Waals surface area contributed by atoms with Crippen molar-refractivity contribution in [1.82, 2.24) is 5.32 Å². The molecule has 3 atom stereocenters. The topological polar surface area (TPSA) is 67.8 Å². The average Bonchev–Trinajstić information content (AvgIpc) is 2.68. The highest BCUT2D eigenvalue weighted by Gasteiger charge is 2.38. The second kappa shape index (κ2) is 10.1. The number of hydrogen-bond donors (Lipinski definition) is 2. The Labute approximate surface area is 161 Å². The van der Waals surface area contributed by atoms with Crippen LogP contribution in [0.4, 0.5) is 4.79 Å². The van der Waals surface area contributed by atoms with Gasteiger partial charge in [0.2, 0.25) is 0 Å². The number of carbonyl (C=O) groups excluding carboxylic acids is 1. The van der Waals surface area contributed by atoms with Crippen LogP contribution in [0.3, 0.4) is 0 Å². The van der Waals surface area contributed by atoms with Crippen LogP contribution in [0.15, 0.2) is 60.7 Å². The maximum Gasteiger partial charge on any atom is 0.407 e. The van der Waals surface area contributed by atoms with E-state index >= 15 is 0 Å². The lowest BCUT2D eigenvalue weighted by atomic mass is 9.89. The van der Waals surface area contributed by atoms with E-state index in [1.165, 1.54) is 0 Å². The summed E-state index contributed by atoms with van der Waals surface area (Å²) in [4.78, 5) is 12.1. The molecule has 0 bridgehead atoms. The fourth-order valence-electron chi connectivity index (χ4n) is 2.84. The second-order valence-corrected chi connectivity index (χ2v) is 6.85. The normalized spacial score (nSPS) is 15.4. The highest BCUT2D eigenvalue weighted by atomic mass is 16.5. The van der Waals surface area contributed by atoms with Gasteiger partial charge < -0.3 is 19.9 Å². The third kappa shape index (κ3) is 6.38. The number of alkyl carbamates (subject to hydrolysis) is 1. The van der Waals surface area contributed by atoms with Crippen molar-refractivity contribution in [3.05, 3.63) is 71.8 Å². The summed E-state index contributed by atoms with van der Waals surface area (Å²) < 4.78 is 11.2. The fraction of sp³-hybridized carbons (Fsp3) is 0.409. The van der Waals surface area contributed by atoms with Crippen LogP contribution in [0, 0.1) is 0 Å². The van der Waals surface area contributed by atoms with E-state index in [0.717, 1.165) is 11.1 Å². The molecule has 0 saturated heterocycles. The molecule has 0 aliphatic carbocycles. The molecule has 0 aliphatic rings. The average molecular weight is 371 g/mol. The smallest absolute Gasteiger partial charge is 0.407 e. The van der Waals surface area contributed by atoms with Crippen molar-refractivity contribution in [2.45, 2.75) is 58.2 Å². The first kappa shape index (κ1) is 20.9. The summed E-state index contributed by atoms with van der Waals surface area (Å²) in [6.45, 7) is 5.96. The minimum Gasteiger partial charge on any atom is -0.445 e. The molecular formula is C22H29NO4. The summed E-state index contributed by atoms with van der Waals surface area (Å²) in [5.74, 6) is 0. The summed E-state index contributed by atoms with van der Waals surface area (Å²) in [5, 5.41) is 13.7. The summed E-state index contributed by atoms with van der Waals surface area (Å²) in [6.07, 6.45) is -0.378. The van der Waals surface area contributed by atoms with Crippen molar-refractivity contribution >= 4 is 6.09 Å². The number of carbonyl (C=O) groups is 1. The Morgan fingerprint density at radius 1 is 1.04 bits per heavy atom. The number of benzene rings is 2. The Balaban J connectivity index is 1.87. The van der Waals surface area contributed by atoms with E-state index in [0.29, 0.717) is 13.0 Å². The minimum absolute atomic E-state index is 0.184. The molecule has 2 N–H and O–H groups in total. The van der Waals surface area contributed by atoms with E-state index in [9.17, 15) is 9.90 Å². The van der Waals surface area contributed by atoms with Gasteiger partial charge in [0.1, 0.15) is 12.2 Å². The molecule has 0 unspecified atom stereocenters. The molecule has 0 saturated carbocycles. The standard InChI is InChI=1S/C22H29NO4/c1-4-20(26-15-18-11-7-5-8-12-18)22(3,25)17(2)23-21(24)27-16-19-13-9-6-10-14-19/h5-14,17,20,25H,4,15-16H2,1-3H3,(H,23,24)/t17-,20-,22+/m1/s1. The molecule has 5 nitrogen and oxygen atoms in total. The number of ether oxygens (including phenoxy) is 2. The molecule has 2 aromatic rings. The Morgan fingerprint density at radius 2 is 1.56 bits per heavy atom. The summed E-state index contributed by atoms with van der Waals surface area (Å²) in [6, 6.07) is 18.7. The van der Waals surface area contributed by atoms with Crippen molar-refractivity contribution in [3.8, 4) is 0 Å². The maximum atomic E-state index is 12.1. The quantitative estimate of drug-likeness (QED) is 0.698. The van der Waals surface area contributed by atoms with Gasteiger partial charge in [0.15, 0.2) is 0 Å². The zero-order valence-corrected chi connectivity index (χ0v) is 16.2. The molecule has 5 heteroatoms. The van der Waals surface area contributed by atoms with Gasteiger partial charge in [-0.25, -0.2) is 4.79 Å². The Hall–Kier alpha value is -2.37. The van der Waals surface area contributed by atoms with Crippen LogP contribution in [0.1, 0.15) is 38.3 Å². The van der Waals surface area contributed by atoms with Crippen LogP contribution in [-0.4, -0.2) is 28.9 Å². The Kier molecular flexibility index (Phi) is 7.82. The van der Waals surface area contributed by atoms with E-state index in [-0.39, 0.29) is 6.61 Å². The molecule has 27 heavy (non-hydrogen) atoms. The van der Waals surface area contributed by atoms with E-state index in [1.807, 2.05) is 67.6 Å². The van der Waals surface area contributed by atoms with Crippen LogP contribution in [-0.2, 0) is 22.7 Å². The molecule has 1 amide bonds. The third-order valence-corrected chi connectivity index (χ3v) is 4.74. The second-order valence-electron chi connectivity index (χ2n) is 6.85. The van der Waals surface area contributed by atoms with Crippen molar-refractivity contribution in [2.24, 2.45) is 0 Å². The zero-order valence-electron chi connectivity index (χ0n) is 16.2. The van der Waals surface area contributed by atoms with Crippen molar-refractivity contribution in [1.29, 1.82) is 0 Å². The van der Waals surface area contributed by atoms with Gasteiger partial charge in [0, 0.05) is 0 Å². The Bertz CT molecular complexity index is 688. The van der Waals surface area contributed by atoms with Crippen LogP contribution < -0.4 is 5.32 Å². The first-order chi connectivity index (χ1) is 12.9. The summed E-state index contributed by atoms with van der Waals surface area (Å²) >= 11 is 0. The number of nitrogens with one attached hydrogen (secondary N) is 1. The summed E-state index contributed by atoms with van der Waals surface area (Å²) in [5.41, 5.74) is 0.703. The van der Waals surface area contributed by atoms with E-state index in [2.05, 4.69) is 5.32 Å². The fourth-order valence-corrected chi connectivity index (χ4v) is 2.84. The van der Waals surface area contributed by atoms with Gasteiger partial charge in [0.25, 0.3) is 0 Å².